The van der Waals surface area contributed by atoms with Crippen LogP contribution in [0, 0.1) is 5.92 Å². The molecule has 1 aromatic heterocycles. The molecule has 1 N–H and O–H groups in total. The third-order valence-electron chi connectivity index (χ3n) is 2.91. The Hall–Kier alpha value is -0.990. The second-order valence-corrected chi connectivity index (χ2v) is 6.89. The maximum absolute atomic E-state index is 11.9. The maximum Gasteiger partial charge on any atom is 0.279 e. The van der Waals surface area contributed by atoms with Crippen molar-refractivity contribution >= 4 is 10.2 Å². The zero-order chi connectivity index (χ0) is 13.9. The van der Waals surface area contributed by atoms with Gasteiger partial charge in [0.2, 0.25) is 5.89 Å². The molecule has 7 nitrogen and oxygen atoms in total. The van der Waals surface area contributed by atoms with Crippen LogP contribution in [0.15, 0.2) is 4.52 Å². The molecular formula is C11H20N4O3S. The van der Waals surface area contributed by atoms with E-state index in [9.17, 15) is 8.42 Å². The van der Waals surface area contributed by atoms with E-state index >= 15 is 0 Å². The predicted octanol–water partition coefficient (Wildman–Crippen LogP) is 0.698. The van der Waals surface area contributed by atoms with Crippen molar-refractivity contribution in [3.8, 4) is 0 Å². The van der Waals surface area contributed by atoms with Crippen LogP contribution < -0.4 is 4.72 Å². The Morgan fingerprint density at radius 2 is 2.05 bits per heavy atom. The summed E-state index contributed by atoms with van der Waals surface area (Å²) < 4.78 is 32.8. The van der Waals surface area contributed by atoms with Crippen molar-refractivity contribution in [3.63, 3.8) is 0 Å². The highest BCUT2D eigenvalue weighted by Crippen LogP contribution is 2.11. The summed E-state index contributed by atoms with van der Waals surface area (Å²) in [6.07, 6.45) is 2.56. The van der Waals surface area contributed by atoms with Gasteiger partial charge in [-0.2, -0.15) is 22.4 Å². The molecule has 0 spiro atoms. The van der Waals surface area contributed by atoms with Gasteiger partial charge in [-0.15, -0.1) is 0 Å². The van der Waals surface area contributed by atoms with E-state index in [0.717, 1.165) is 19.3 Å². The smallest absolute Gasteiger partial charge is 0.279 e. The van der Waals surface area contributed by atoms with Gasteiger partial charge in [-0.1, -0.05) is 19.0 Å². The van der Waals surface area contributed by atoms with Gasteiger partial charge < -0.3 is 4.52 Å². The summed E-state index contributed by atoms with van der Waals surface area (Å²) >= 11 is 0. The molecule has 0 unspecified atom stereocenters. The maximum atomic E-state index is 11.9. The lowest BCUT2D eigenvalue weighted by atomic mass is 10.1. The van der Waals surface area contributed by atoms with E-state index in [4.69, 9.17) is 4.52 Å². The first-order valence-electron chi connectivity index (χ1n) is 6.53. The molecule has 0 amide bonds. The molecule has 0 saturated carbocycles. The predicted molar refractivity (Wildman–Crippen MR) is 69.4 cm³/mol. The Labute approximate surface area is 113 Å². The summed E-state index contributed by atoms with van der Waals surface area (Å²) in [5.74, 6) is 1.36. The highest BCUT2D eigenvalue weighted by Gasteiger charge is 2.25. The van der Waals surface area contributed by atoms with Crippen LogP contribution in [0.2, 0.25) is 0 Å². The fourth-order valence-corrected chi connectivity index (χ4v) is 3.21. The molecule has 2 heterocycles. The van der Waals surface area contributed by atoms with Gasteiger partial charge in [0, 0.05) is 19.5 Å². The van der Waals surface area contributed by atoms with Gasteiger partial charge in [0.25, 0.3) is 10.2 Å². The fourth-order valence-electron chi connectivity index (χ4n) is 1.98. The van der Waals surface area contributed by atoms with Gasteiger partial charge >= 0.3 is 0 Å². The molecule has 108 valence electrons. The summed E-state index contributed by atoms with van der Waals surface area (Å²) in [5.41, 5.74) is 0. The van der Waals surface area contributed by atoms with Crippen molar-refractivity contribution in [1.29, 1.82) is 0 Å². The second kappa shape index (κ2) is 5.98. The minimum absolute atomic E-state index is 0.0456. The minimum Gasteiger partial charge on any atom is -0.338 e. The Morgan fingerprint density at radius 1 is 1.37 bits per heavy atom. The summed E-state index contributed by atoms with van der Waals surface area (Å²) in [7, 11) is -3.42. The molecule has 0 atom stereocenters. The van der Waals surface area contributed by atoms with Crippen molar-refractivity contribution in [2.75, 3.05) is 13.1 Å². The largest absolute Gasteiger partial charge is 0.338 e. The average molecular weight is 288 g/mol. The lowest BCUT2D eigenvalue weighted by Gasteiger charge is -2.14. The summed E-state index contributed by atoms with van der Waals surface area (Å²) in [5, 5.41) is 3.82. The Kier molecular flexibility index (Phi) is 4.54. The first-order chi connectivity index (χ1) is 8.97. The number of hydrogen-bond donors (Lipinski definition) is 1. The lowest BCUT2D eigenvalue weighted by Crippen LogP contribution is -2.38. The average Bonchev–Trinajstić information content (AvgIpc) is 2.96. The van der Waals surface area contributed by atoms with Crippen LogP contribution in [0.25, 0.3) is 0 Å². The highest BCUT2D eigenvalue weighted by atomic mass is 32.2. The van der Waals surface area contributed by atoms with Crippen molar-refractivity contribution in [1.82, 2.24) is 19.2 Å². The molecule has 19 heavy (non-hydrogen) atoms. The van der Waals surface area contributed by atoms with Crippen LogP contribution in [0.3, 0.4) is 0 Å². The van der Waals surface area contributed by atoms with E-state index in [-0.39, 0.29) is 6.54 Å². The number of nitrogens with zero attached hydrogens (tertiary/aromatic N) is 3. The molecule has 0 aliphatic carbocycles. The number of nitrogens with one attached hydrogen (secondary N) is 1. The monoisotopic (exact) mass is 288 g/mol. The highest BCUT2D eigenvalue weighted by molar-refractivity contribution is 7.87. The number of hydrogen-bond acceptors (Lipinski definition) is 5. The van der Waals surface area contributed by atoms with Gasteiger partial charge in [0.05, 0.1) is 6.54 Å². The van der Waals surface area contributed by atoms with Gasteiger partial charge in [-0.25, -0.2) is 0 Å². The van der Waals surface area contributed by atoms with Gasteiger partial charge in [-0.05, 0) is 18.8 Å². The van der Waals surface area contributed by atoms with Crippen LogP contribution in [0.1, 0.15) is 38.4 Å². The fraction of sp³-hybridized carbons (Fsp3) is 0.818. The second-order valence-electron chi connectivity index (χ2n) is 5.13. The van der Waals surface area contributed by atoms with Gasteiger partial charge in [0.15, 0.2) is 5.82 Å². The molecule has 1 saturated heterocycles. The summed E-state index contributed by atoms with van der Waals surface area (Å²) in [6.45, 7) is 5.33. The number of rotatable bonds is 6. The molecule has 0 bridgehead atoms. The normalized spacial score (nSPS) is 17.4. The quantitative estimate of drug-likeness (QED) is 0.832. The molecule has 1 aliphatic rings. The molecule has 1 fully saturated rings. The van der Waals surface area contributed by atoms with Crippen LogP contribution >= 0.6 is 0 Å². The van der Waals surface area contributed by atoms with Crippen molar-refractivity contribution < 1.29 is 12.9 Å². The zero-order valence-electron chi connectivity index (χ0n) is 11.3. The Balaban J connectivity index is 1.89. The molecular weight excluding hydrogens is 268 g/mol. The number of aromatic nitrogens is 2. The van der Waals surface area contributed by atoms with Crippen LogP contribution in [-0.2, 0) is 23.2 Å². The summed E-state index contributed by atoms with van der Waals surface area (Å²) in [6, 6.07) is 0. The molecule has 8 heteroatoms. The van der Waals surface area contributed by atoms with E-state index in [1.54, 1.807) is 0 Å². The minimum atomic E-state index is -3.42. The first-order valence-corrected chi connectivity index (χ1v) is 7.97. The summed E-state index contributed by atoms with van der Waals surface area (Å²) in [4.78, 5) is 4.16. The van der Waals surface area contributed by atoms with E-state index in [2.05, 4.69) is 28.7 Å². The van der Waals surface area contributed by atoms with Crippen LogP contribution in [0.4, 0.5) is 0 Å². The van der Waals surface area contributed by atoms with E-state index < -0.39 is 10.2 Å². The van der Waals surface area contributed by atoms with Crippen molar-refractivity contribution in [2.45, 2.75) is 39.7 Å². The lowest BCUT2D eigenvalue weighted by molar-refractivity contribution is 0.365. The van der Waals surface area contributed by atoms with E-state index in [1.165, 1.54) is 4.31 Å². The molecule has 0 radical (unpaired) electrons. The molecule has 2 rings (SSSR count). The zero-order valence-corrected chi connectivity index (χ0v) is 12.1. The Bertz CT molecular complexity index is 506. The standard InChI is InChI=1S/C11H20N4O3S/c1-9(2)7-10-13-11(18-14-10)8-12-19(16,17)15-5-3-4-6-15/h9,12H,3-8H2,1-2H3. The molecule has 0 aromatic carbocycles. The van der Waals surface area contributed by atoms with E-state index in [0.29, 0.717) is 30.7 Å². The van der Waals surface area contributed by atoms with Crippen LogP contribution in [0.5, 0.6) is 0 Å². The van der Waals surface area contributed by atoms with Gasteiger partial charge in [0.1, 0.15) is 0 Å². The molecule has 1 aliphatic heterocycles. The molecule has 1 aromatic rings. The first kappa shape index (κ1) is 14.4. The third kappa shape index (κ3) is 3.99. The Morgan fingerprint density at radius 3 is 2.68 bits per heavy atom. The SMILES string of the molecule is CC(C)Cc1noc(CNS(=O)(=O)N2CCCC2)n1. The third-order valence-corrected chi connectivity index (χ3v) is 4.47. The van der Waals surface area contributed by atoms with Crippen molar-refractivity contribution in [3.05, 3.63) is 11.7 Å². The van der Waals surface area contributed by atoms with Crippen LogP contribution in [-0.4, -0.2) is 36.0 Å². The van der Waals surface area contributed by atoms with Crippen molar-refractivity contribution in [2.24, 2.45) is 5.92 Å². The van der Waals surface area contributed by atoms with Gasteiger partial charge in [-0.3, -0.25) is 0 Å². The topological polar surface area (TPSA) is 88.3 Å². The van der Waals surface area contributed by atoms with E-state index in [1.807, 2.05) is 0 Å².